The summed E-state index contributed by atoms with van der Waals surface area (Å²) in [5, 5.41) is 0. The van der Waals surface area contributed by atoms with Crippen LogP contribution in [-0.4, -0.2) is 11.8 Å². The maximum Gasteiger partial charge on any atom is 0.310 e. The predicted octanol–water partition coefficient (Wildman–Crippen LogP) is 3.18. The van der Waals surface area contributed by atoms with E-state index in [1.807, 2.05) is 13.8 Å². The Balaban J connectivity index is 2.44. The van der Waals surface area contributed by atoms with Gasteiger partial charge in [-0.1, -0.05) is 6.92 Å². The zero-order valence-electron chi connectivity index (χ0n) is 11.5. The van der Waals surface area contributed by atoms with Crippen molar-refractivity contribution in [3.05, 3.63) is 34.6 Å². The summed E-state index contributed by atoms with van der Waals surface area (Å²) >= 11 is 0. The van der Waals surface area contributed by atoms with E-state index in [-0.39, 0.29) is 11.8 Å². The highest BCUT2D eigenvalue weighted by Gasteiger charge is 2.30. The fourth-order valence-electron chi connectivity index (χ4n) is 1.96. The first-order valence-corrected chi connectivity index (χ1v) is 6.19. The number of carbonyl (C=O) groups is 2. The van der Waals surface area contributed by atoms with Gasteiger partial charge in [0.2, 0.25) is 5.78 Å². The van der Waals surface area contributed by atoms with Gasteiger partial charge in [0.15, 0.2) is 5.76 Å². The van der Waals surface area contributed by atoms with Crippen molar-refractivity contribution in [2.24, 2.45) is 0 Å². The molecule has 100 valence electrons. The van der Waals surface area contributed by atoms with E-state index in [0.29, 0.717) is 29.2 Å². The molecule has 0 saturated carbocycles. The molecule has 1 aliphatic rings. The van der Waals surface area contributed by atoms with Gasteiger partial charge in [-0.15, -0.1) is 0 Å². The molecule has 0 fully saturated rings. The highest BCUT2D eigenvalue weighted by molar-refractivity contribution is 6.13. The van der Waals surface area contributed by atoms with Crippen LogP contribution in [0.4, 0.5) is 0 Å². The molecular formula is C15H16O4. The molecule has 1 heterocycles. The number of ether oxygens (including phenoxy) is 2. The van der Waals surface area contributed by atoms with Crippen molar-refractivity contribution >= 4 is 11.8 Å². The number of hydrogen-bond donors (Lipinski definition) is 0. The van der Waals surface area contributed by atoms with Gasteiger partial charge in [0.1, 0.15) is 11.5 Å². The molecule has 2 rings (SSSR count). The van der Waals surface area contributed by atoms with Crippen LogP contribution in [0.5, 0.6) is 11.5 Å². The predicted molar refractivity (Wildman–Crippen MR) is 70.4 cm³/mol. The molecular weight excluding hydrogens is 244 g/mol. The third-order valence-corrected chi connectivity index (χ3v) is 2.89. The lowest BCUT2D eigenvalue weighted by Gasteiger charge is -2.06. The summed E-state index contributed by atoms with van der Waals surface area (Å²) in [5.41, 5.74) is 2.12. The second-order valence-corrected chi connectivity index (χ2v) is 4.70. The minimum atomic E-state index is -0.314. The molecule has 4 nitrogen and oxygen atoms in total. The zero-order chi connectivity index (χ0) is 14.2. The summed E-state index contributed by atoms with van der Waals surface area (Å²) in [6.45, 7) is 7.18. The lowest BCUT2D eigenvalue weighted by atomic mass is 10.0. The number of aryl methyl sites for hydroxylation is 1. The standard InChI is InChI=1S/C15H16O4/c1-5-12(16)18-10-6-9(4)13-11(7-10)19-15(8(2)3)14(13)17/h6-7H,5H2,1-4H3. The van der Waals surface area contributed by atoms with E-state index in [1.54, 1.807) is 26.0 Å². The van der Waals surface area contributed by atoms with Crippen molar-refractivity contribution in [1.29, 1.82) is 0 Å². The van der Waals surface area contributed by atoms with Gasteiger partial charge >= 0.3 is 5.97 Å². The van der Waals surface area contributed by atoms with Gasteiger partial charge in [-0.25, -0.2) is 0 Å². The first kappa shape index (κ1) is 13.3. The van der Waals surface area contributed by atoms with Crippen LogP contribution in [0.15, 0.2) is 23.5 Å². The Hall–Kier alpha value is -2.10. The molecule has 0 saturated heterocycles. The smallest absolute Gasteiger partial charge is 0.310 e. The van der Waals surface area contributed by atoms with E-state index < -0.39 is 0 Å². The van der Waals surface area contributed by atoms with Gasteiger partial charge in [-0.2, -0.15) is 0 Å². The maximum atomic E-state index is 12.2. The van der Waals surface area contributed by atoms with Crippen molar-refractivity contribution in [1.82, 2.24) is 0 Å². The second-order valence-electron chi connectivity index (χ2n) is 4.70. The Labute approximate surface area is 112 Å². The second kappa shape index (κ2) is 4.88. The number of fused-ring (bicyclic) bond motifs is 1. The Morgan fingerprint density at radius 1 is 1.32 bits per heavy atom. The van der Waals surface area contributed by atoms with Crippen LogP contribution in [0, 0.1) is 6.92 Å². The number of hydrogen-bond acceptors (Lipinski definition) is 4. The lowest BCUT2D eigenvalue weighted by molar-refractivity contribution is -0.134. The highest BCUT2D eigenvalue weighted by atomic mass is 16.5. The number of esters is 1. The van der Waals surface area contributed by atoms with Crippen LogP contribution in [0.2, 0.25) is 0 Å². The third-order valence-electron chi connectivity index (χ3n) is 2.89. The SMILES string of the molecule is CCC(=O)Oc1cc(C)c2c(c1)OC(=C(C)C)C2=O. The van der Waals surface area contributed by atoms with E-state index in [4.69, 9.17) is 9.47 Å². The molecule has 0 unspecified atom stereocenters. The Morgan fingerprint density at radius 3 is 2.58 bits per heavy atom. The summed E-state index contributed by atoms with van der Waals surface area (Å²) in [6, 6.07) is 3.27. The van der Waals surface area contributed by atoms with Crippen molar-refractivity contribution in [3.63, 3.8) is 0 Å². The van der Waals surface area contributed by atoms with Gasteiger partial charge in [0, 0.05) is 12.5 Å². The molecule has 0 bridgehead atoms. The van der Waals surface area contributed by atoms with Gasteiger partial charge in [0.25, 0.3) is 0 Å². The number of ketones is 1. The summed E-state index contributed by atoms with van der Waals surface area (Å²) in [7, 11) is 0. The Bertz CT molecular complexity index is 592. The molecule has 0 aromatic heterocycles. The topological polar surface area (TPSA) is 52.6 Å². The first-order chi connectivity index (χ1) is 8.93. The summed E-state index contributed by atoms with van der Waals surface area (Å²) in [6.07, 6.45) is 0.301. The molecule has 1 aliphatic heterocycles. The highest BCUT2D eigenvalue weighted by Crippen LogP contribution is 2.37. The van der Waals surface area contributed by atoms with Gasteiger partial charge in [-0.05, 0) is 38.0 Å². The fourth-order valence-corrected chi connectivity index (χ4v) is 1.96. The molecule has 1 aromatic carbocycles. The van der Waals surface area contributed by atoms with E-state index in [1.165, 1.54) is 0 Å². The van der Waals surface area contributed by atoms with Crippen LogP contribution in [-0.2, 0) is 4.79 Å². The molecule has 19 heavy (non-hydrogen) atoms. The zero-order valence-corrected chi connectivity index (χ0v) is 11.5. The van der Waals surface area contributed by atoms with Gasteiger partial charge in [0.05, 0.1) is 5.56 Å². The number of benzene rings is 1. The molecule has 4 heteroatoms. The van der Waals surface area contributed by atoms with E-state index in [9.17, 15) is 9.59 Å². The third kappa shape index (κ3) is 2.38. The quantitative estimate of drug-likeness (QED) is 0.465. The number of Topliss-reactive ketones (excluding diaryl/α,β-unsaturated/α-hetero) is 1. The summed E-state index contributed by atoms with van der Waals surface area (Å²) in [4.78, 5) is 23.4. The largest absolute Gasteiger partial charge is 0.452 e. The average molecular weight is 260 g/mol. The normalized spacial score (nSPS) is 13.1. The van der Waals surface area contributed by atoms with Crippen LogP contribution in [0.1, 0.15) is 43.1 Å². The van der Waals surface area contributed by atoms with Gasteiger partial charge in [-0.3, -0.25) is 9.59 Å². The van der Waals surface area contributed by atoms with E-state index >= 15 is 0 Å². The lowest BCUT2D eigenvalue weighted by Crippen LogP contribution is -2.06. The fraction of sp³-hybridized carbons (Fsp3) is 0.333. The van der Waals surface area contributed by atoms with Crippen molar-refractivity contribution < 1.29 is 19.1 Å². The molecule has 0 atom stereocenters. The van der Waals surface area contributed by atoms with Crippen LogP contribution in [0.3, 0.4) is 0 Å². The van der Waals surface area contributed by atoms with Gasteiger partial charge < -0.3 is 9.47 Å². The summed E-state index contributed by atoms with van der Waals surface area (Å²) in [5.74, 6) is 0.801. The minimum Gasteiger partial charge on any atom is -0.452 e. The number of allylic oxidation sites excluding steroid dienone is 2. The maximum absolute atomic E-state index is 12.2. The van der Waals surface area contributed by atoms with Crippen LogP contribution < -0.4 is 9.47 Å². The monoisotopic (exact) mass is 260 g/mol. The Morgan fingerprint density at radius 2 is 2.00 bits per heavy atom. The van der Waals surface area contributed by atoms with Crippen LogP contribution in [0.25, 0.3) is 0 Å². The molecule has 0 amide bonds. The van der Waals surface area contributed by atoms with Crippen molar-refractivity contribution in [2.45, 2.75) is 34.1 Å². The van der Waals surface area contributed by atoms with Crippen LogP contribution >= 0.6 is 0 Å². The van der Waals surface area contributed by atoms with Crippen molar-refractivity contribution in [2.75, 3.05) is 0 Å². The average Bonchev–Trinajstić information content (AvgIpc) is 2.67. The molecule has 0 spiro atoms. The molecule has 1 aromatic rings. The molecule has 0 N–H and O–H groups in total. The van der Waals surface area contributed by atoms with Crippen molar-refractivity contribution in [3.8, 4) is 11.5 Å². The number of carbonyl (C=O) groups excluding carboxylic acids is 2. The number of rotatable bonds is 2. The first-order valence-electron chi connectivity index (χ1n) is 6.19. The molecule has 0 radical (unpaired) electrons. The Kier molecular flexibility index (Phi) is 3.42. The van der Waals surface area contributed by atoms with E-state index in [2.05, 4.69) is 0 Å². The summed E-state index contributed by atoms with van der Waals surface area (Å²) < 4.78 is 10.7. The minimum absolute atomic E-state index is 0.110. The van der Waals surface area contributed by atoms with E-state index in [0.717, 1.165) is 11.1 Å². The molecule has 0 aliphatic carbocycles.